The van der Waals surface area contributed by atoms with E-state index < -0.39 is 11.3 Å². The normalized spacial score (nSPS) is 21.6. The van der Waals surface area contributed by atoms with Gasteiger partial charge in [0.25, 0.3) is 0 Å². The molecule has 2 aliphatic rings. The molecule has 11 heteroatoms. The number of nitrogens with zero attached hydrogens (tertiary/aromatic N) is 3. The van der Waals surface area contributed by atoms with Gasteiger partial charge in [0.15, 0.2) is 5.82 Å². The molecular formula is C23H33ClN6O3S. The van der Waals surface area contributed by atoms with Gasteiger partial charge in [0, 0.05) is 45.0 Å². The first-order chi connectivity index (χ1) is 16.5. The second-order valence-corrected chi connectivity index (χ2v) is 10.1. The average Bonchev–Trinajstić information content (AvgIpc) is 3.16. The molecule has 0 radical (unpaired) electrons. The van der Waals surface area contributed by atoms with Gasteiger partial charge >= 0.3 is 0 Å². The van der Waals surface area contributed by atoms with Crippen LogP contribution in [0.3, 0.4) is 0 Å². The number of benzene rings is 1. The second-order valence-electron chi connectivity index (χ2n) is 8.87. The van der Waals surface area contributed by atoms with Crippen LogP contribution in [0.25, 0.3) is 0 Å². The molecule has 4 N–H and O–H groups in total. The van der Waals surface area contributed by atoms with Crippen LogP contribution in [-0.2, 0) is 28.8 Å². The average molecular weight is 509 g/mol. The summed E-state index contributed by atoms with van der Waals surface area (Å²) in [5.41, 5.74) is 3.68. The van der Waals surface area contributed by atoms with Gasteiger partial charge in [0.05, 0.1) is 12.8 Å². The Hall–Kier alpha value is -1.82. The molecular weight excluding hydrogens is 476 g/mol. The summed E-state index contributed by atoms with van der Waals surface area (Å²) in [5, 5.41) is 7.21. The molecule has 0 saturated heterocycles. The van der Waals surface area contributed by atoms with Crippen molar-refractivity contribution in [3.63, 3.8) is 0 Å². The summed E-state index contributed by atoms with van der Waals surface area (Å²) < 4.78 is 27.8. The maximum atomic E-state index is 11.0. The fourth-order valence-corrected chi connectivity index (χ4v) is 5.28. The van der Waals surface area contributed by atoms with E-state index in [4.69, 9.17) is 20.9 Å². The van der Waals surface area contributed by atoms with Crippen molar-refractivity contribution in [3.05, 3.63) is 40.5 Å². The number of halogens is 1. The van der Waals surface area contributed by atoms with E-state index in [-0.39, 0.29) is 12.0 Å². The maximum absolute atomic E-state index is 11.0. The molecule has 1 saturated carbocycles. The van der Waals surface area contributed by atoms with Crippen LogP contribution in [0.2, 0.25) is 5.02 Å². The molecule has 3 unspecified atom stereocenters. The Balaban J connectivity index is 1.41. The van der Waals surface area contributed by atoms with E-state index in [1.807, 2.05) is 0 Å². The summed E-state index contributed by atoms with van der Waals surface area (Å²) in [7, 11) is 1.74. The Morgan fingerprint density at radius 1 is 1.26 bits per heavy atom. The molecule has 186 valence electrons. The summed E-state index contributed by atoms with van der Waals surface area (Å²) in [6, 6.07) is 6.58. The standard InChI is InChI=1S/C23H33ClN6O3S/c1-33-12-11-30-9-7-16-5-6-19(13-17(16)8-10-30)27-23-25-15-20(24)22(29-23)28-21-4-2-3-18(21)14-26-34(31)32/h5-6,13,15,18,21,26H,2-4,7-12,14H2,1H3,(H,31,32)(H2,25,27,28,29). The number of nitrogens with one attached hydrogen (secondary N) is 3. The summed E-state index contributed by atoms with van der Waals surface area (Å²) in [4.78, 5) is 11.4. The van der Waals surface area contributed by atoms with Gasteiger partial charge in [-0.1, -0.05) is 24.1 Å². The van der Waals surface area contributed by atoms with Crippen molar-refractivity contribution in [2.24, 2.45) is 5.92 Å². The SMILES string of the molecule is COCCN1CCc2ccc(Nc3ncc(Cl)c(NC4CCCC4CNS(=O)O)n3)cc2CC1. The predicted octanol–water partition coefficient (Wildman–Crippen LogP) is 3.23. The van der Waals surface area contributed by atoms with Crippen LogP contribution < -0.4 is 15.4 Å². The van der Waals surface area contributed by atoms with E-state index in [1.54, 1.807) is 13.3 Å². The fourth-order valence-electron chi connectivity index (χ4n) is 4.78. The van der Waals surface area contributed by atoms with Gasteiger partial charge in [0.1, 0.15) is 5.02 Å². The van der Waals surface area contributed by atoms with Crippen LogP contribution in [0, 0.1) is 5.92 Å². The number of rotatable bonds is 10. The van der Waals surface area contributed by atoms with Gasteiger partial charge in [-0.3, -0.25) is 4.55 Å². The van der Waals surface area contributed by atoms with Crippen LogP contribution in [-0.4, -0.2) is 69.6 Å². The lowest BCUT2D eigenvalue weighted by atomic mass is 10.0. The van der Waals surface area contributed by atoms with Gasteiger partial charge in [-0.25, -0.2) is 13.9 Å². The molecule has 2 heterocycles. The minimum absolute atomic E-state index is 0.129. The lowest BCUT2D eigenvalue weighted by Crippen LogP contribution is -2.33. The molecule has 0 spiro atoms. The minimum Gasteiger partial charge on any atom is -0.383 e. The number of ether oxygens (including phenoxy) is 1. The van der Waals surface area contributed by atoms with Crippen LogP contribution in [0.1, 0.15) is 30.4 Å². The molecule has 4 rings (SSSR count). The molecule has 2 aromatic rings. The van der Waals surface area contributed by atoms with Crippen LogP contribution in [0.5, 0.6) is 0 Å². The quantitative estimate of drug-likeness (QED) is 0.362. The van der Waals surface area contributed by atoms with E-state index >= 15 is 0 Å². The van der Waals surface area contributed by atoms with Gasteiger partial charge in [0.2, 0.25) is 17.2 Å². The van der Waals surface area contributed by atoms with E-state index in [9.17, 15) is 4.21 Å². The highest BCUT2D eigenvalue weighted by Crippen LogP contribution is 2.31. The topological polar surface area (TPSA) is 112 Å². The van der Waals surface area contributed by atoms with Crippen LogP contribution in [0.4, 0.5) is 17.5 Å². The Labute approximate surface area is 208 Å². The Morgan fingerprint density at radius 3 is 2.88 bits per heavy atom. The third kappa shape index (κ3) is 6.87. The van der Waals surface area contributed by atoms with Gasteiger partial charge < -0.3 is 20.3 Å². The Morgan fingerprint density at radius 2 is 2.09 bits per heavy atom. The van der Waals surface area contributed by atoms with E-state index in [1.165, 1.54) is 11.1 Å². The number of aromatic nitrogens is 2. The summed E-state index contributed by atoms with van der Waals surface area (Å²) in [6.07, 6.45) is 6.62. The van der Waals surface area contributed by atoms with Gasteiger partial charge in [-0.2, -0.15) is 4.98 Å². The zero-order valence-corrected chi connectivity index (χ0v) is 21.0. The van der Waals surface area contributed by atoms with Crippen molar-refractivity contribution in [1.82, 2.24) is 19.6 Å². The molecule has 1 fully saturated rings. The maximum Gasteiger partial charge on any atom is 0.231 e. The minimum atomic E-state index is -2.01. The third-order valence-electron chi connectivity index (χ3n) is 6.66. The highest BCUT2D eigenvalue weighted by Gasteiger charge is 2.28. The first-order valence-electron chi connectivity index (χ1n) is 11.8. The second kappa shape index (κ2) is 12.2. The van der Waals surface area contributed by atoms with Gasteiger partial charge in [-0.15, -0.1) is 0 Å². The van der Waals surface area contributed by atoms with Crippen LogP contribution in [0.15, 0.2) is 24.4 Å². The first-order valence-corrected chi connectivity index (χ1v) is 13.2. The molecule has 9 nitrogen and oxygen atoms in total. The highest BCUT2D eigenvalue weighted by atomic mass is 35.5. The molecule has 0 amide bonds. The highest BCUT2D eigenvalue weighted by molar-refractivity contribution is 7.77. The summed E-state index contributed by atoms with van der Waals surface area (Å²) >= 11 is 4.38. The van der Waals surface area contributed by atoms with Crippen molar-refractivity contribution in [2.45, 2.75) is 38.1 Å². The largest absolute Gasteiger partial charge is 0.383 e. The molecule has 1 aromatic heterocycles. The lowest BCUT2D eigenvalue weighted by molar-refractivity contribution is 0.150. The Bertz CT molecular complexity index is 997. The van der Waals surface area contributed by atoms with Crippen molar-refractivity contribution < 1.29 is 13.5 Å². The van der Waals surface area contributed by atoms with E-state index in [2.05, 4.69) is 48.4 Å². The van der Waals surface area contributed by atoms with Crippen molar-refractivity contribution in [1.29, 1.82) is 0 Å². The third-order valence-corrected chi connectivity index (χ3v) is 7.35. The molecule has 1 aliphatic heterocycles. The summed E-state index contributed by atoms with van der Waals surface area (Å²) in [6.45, 7) is 4.25. The number of fused-ring (bicyclic) bond motifs is 1. The molecule has 1 aromatic carbocycles. The van der Waals surface area contributed by atoms with Crippen molar-refractivity contribution in [3.8, 4) is 0 Å². The fraction of sp³-hybridized carbons (Fsp3) is 0.565. The zero-order chi connectivity index (χ0) is 23.9. The number of hydrogen-bond donors (Lipinski definition) is 4. The number of hydrogen-bond acceptors (Lipinski definition) is 7. The molecule has 1 aliphatic carbocycles. The monoisotopic (exact) mass is 508 g/mol. The predicted molar refractivity (Wildman–Crippen MR) is 136 cm³/mol. The van der Waals surface area contributed by atoms with Gasteiger partial charge in [-0.05, 0) is 54.9 Å². The first kappa shape index (κ1) is 25.3. The Kier molecular flexibility index (Phi) is 9.10. The van der Waals surface area contributed by atoms with E-state index in [0.29, 0.717) is 23.3 Å². The zero-order valence-electron chi connectivity index (χ0n) is 19.4. The molecule has 3 atom stereocenters. The van der Waals surface area contributed by atoms with Crippen molar-refractivity contribution in [2.75, 3.05) is 50.5 Å². The molecule has 0 bridgehead atoms. The van der Waals surface area contributed by atoms with Crippen LogP contribution >= 0.6 is 11.6 Å². The molecule has 34 heavy (non-hydrogen) atoms. The van der Waals surface area contributed by atoms with E-state index in [0.717, 1.165) is 64.0 Å². The lowest BCUT2D eigenvalue weighted by Gasteiger charge is -2.22. The smallest absolute Gasteiger partial charge is 0.231 e. The number of methoxy groups -OCH3 is 1. The number of anilines is 3. The van der Waals surface area contributed by atoms with Crippen molar-refractivity contribution >= 4 is 40.3 Å². The summed E-state index contributed by atoms with van der Waals surface area (Å²) in [5.74, 6) is 1.28.